The zero-order valence-electron chi connectivity index (χ0n) is 15.6. The largest absolute Gasteiger partial charge is 0.495 e. The molecule has 0 saturated heterocycles. The van der Waals surface area contributed by atoms with Gasteiger partial charge in [-0.05, 0) is 25.1 Å². The van der Waals surface area contributed by atoms with Crippen LogP contribution in [0.4, 0.5) is 5.69 Å². The van der Waals surface area contributed by atoms with Crippen molar-refractivity contribution in [3.8, 4) is 27.9 Å². The van der Waals surface area contributed by atoms with Crippen molar-refractivity contribution in [1.29, 1.82) is 0 Å². The first-order chi connectivity index (χ1) is 14.0. The fourth-order valence-electron chi connectivity index (χ4n) is 2.79. The molecule has 1 N–H and O–H groups in total. The normalized spacial score (nSPS) is 11.4. The molecule has 0 bridgehead atoms. The van der Waals surface area contributed by atoms with E-state index < -0.39 is 10.0 Å². The van der Waals surface area contributed by atoms with Crippen molar-refractivity contribution in [2.24, 2.45) is 0 Å². The van der Waals surface area contributed by atoms with Crippen LogP contribution < -0.4 is 9.46 Å². The van der Waals surface area contributed by atoms with Crippen LogP contribution >= 0.6 is 11.3 Å². The molecule has 0 radical (unpaired) electrons. The Kier molecular flexibility index (Phi) is 5.08. The van der Waals surface area contributed by atoms with E-state index in [1.165, 1.54) is 18.4 Å². The van der Waals surface area contributed by atoms with Crippen molar-refractivity contribution in [3.05, 3.63) is 65.5 Å². The zero-order valence-corrected chi connectivity index (χ0v) is 17.3. The van der Waals surface area contributed by atoms with Gasteiger partial charge in [0.2, 0.25) is 5.82 Å². The van der Waals surface area contributed by atoms with E-state index in [1.807, 2.05) is 30.3 Å². The molecule has 9 heteroatoms. The lowest BCUT2D eigenvalue weighted by atomic mass is 10.2. The molecule has 148 valence electrons. The van der Waals surface area contributed by atoms with E-state index in [2.05, 4.69) is 14.9 Å². The SMILES string of the molecule is COc1ccccc1NS(=O)(=O)c1cc(-c2nc(-c3ccccc3)no2)sc1C. The molecule has 0 spiro atoms. The van der Waals surface area contributed by atoms with Crippen molar-refractivity contribution in [1.82, 2.24) is 10.1 Å². The Hall–Kier alpha value is -3.17. The van der Waals surface area contributed by atoms with E-state index in [1.54, 1.807) is 37.3 Å². The van der Waals surface area contributed by atoms with E-state index in [0.717, 1.165) is 5.56 Å². The van der Waals surface area contributed by atoms with Gasteiger partial charge < -0.3 is 9.26 Å². The molecule has 2 heterocycles. The third kappa shape index (κ3) is 3.87. The molecule has 4 aromatic rings. The second-order valence-corrected chi connectivity index (χ2v) is 9.03. The quantitative estimate of drug-likeness (QED) is 0.484. The molecule has 4 rings (SSSR count). The summed E-state index contributed by atoms with van der Waals surface area (Å²) in [7, 11) is -2.33. The minimum atomic E-state index is -3.82. The minimum Gasteiger partial charge on any atom is -0.495 e. The summed E-state index contributed by atoms with van der Waals surface area (Å²) in [6.45, 7) is 1.74. The molecule has 0 aliphatic heterocycles. The van der Waals surface area contributed by atoms with Crippen molar-refractivity contribution in [2.45, 2.75) is 11.8 Å². The highest BCUT2D eigenvalue weighted by Crippen LogP contribution is 2.35. The fourth-order valence-corrected chi connectivity index (χ4v) is 5.38. The Morgan fingerprint density at radius 1 is 1.07 bits per heavy atom. The highest BCUT2D eigenvalue weighted by molar-refractivity contribution is 7.93. The Morgan fingerprint density at radius 2 is 1.79 bits per heavy atom. The van der Waals surface area contributed by atoms with Crippen LogP contribution in [0.2, 0.25) is 0 Å². The highest BCUT2D eigenvalue weighted by Gasteiger charge is 2.24. The topological polar surface area (TPSA) is 94.3 Å². The summed E-state index contributed by atoms with van der Waals surface area (Å²) >= 11 is 1.28. The number of hydrogen-bond acceptors (Lipinski definition) is 7. The maximum absolute atomic E-state index is 12.9. The zero-order chi connectivity index (χ0) is 20.4. The van der Waals surface area contributed by atoms with Gasteiger partial charge >= 0.3 is 0 Å². The first kappa shape index (κ1) is 19.2. The summed E-state index contributed by atoms with van der Waals surface area (Å²) in [4.78, 5) is 5.75. The van der Waals surface area contributed by atoms with E-state index in [4.69, 9.17) is 9.26 Å². The number of nitrogens with zero attached hydrogens (tertiary/aromatic N) is 2. The number of rotatable bonds is 6. The van der Waals surface area contributed by atoms with Gasteiger partial charge in [0.15, 0.2) is 0 Å². The third-order valence-electron chi connectivity index (χ3n) is 4.18. The summed E-state index contributed by atoms with van der Waals surface area (Å²) < 4.78 is 39.0. The lowest BCUT2D eigenvalue weighted by Gasteiger charge is -2.11. The molecule has 0 amide bonds. The van der Waals surface area contributed by atoms with Crippen molar-refractivity contribution >= 4 is 27.0 Å². The molecule has 0 atom stereocenters. The van der Waals surface area contributed by atoms with Gasteiger partial charge in [-0.2, -0.15) is 4.98 Å². The predicted molar refractivity (Wildman–Crippen MR) is 112 cm³/mol. The number of methoxy groups -OCH3 is 1. The number of sulfonamides is 1. The lowest BCUT2D eigenvalue weighted by Crippen LogP contribution is -2.13. The van der Waals surface area contributed by atoms with Crippen LogP contribution in [0.1, 0.15) is 4.88 Å². The van der Waals surface area contributed by atoms with Gasteiger partial charge in [-0.15, -0.1) is 11.3 Å². The number of nitrogens with one attached hydrogen (secondary N) is 1. The molecule has 7 nitrogen and oxygen atoms in total. The van der Waals surface area contributed by atoms with Crippen LogP contribution in [0, 0.1) is 6.92 Å². The first-order valence-electron chi connectivity index (χ1n) is 8.64. The summed E-state index contributed by atoms with van der Waals surface area (Å²) in [5.41, 5.74) is 1.19. The summed E-state index contributed by atoms with van der Waals surface area (Å²) in [5, 5.41) is 3.99. The lowest BCUT2D eigenvalue weighted by molar-refractivity contribution is 0.417. The Labute approximate surface area is 172 Å². The molecular formula is C20H17N3O4S2. The molecular weight excluding hydrogens is 410 g/mol. The Bertz CT molecular complexity index is 1250. The maximum atomic E-state index is 12.9. The number of aromatic nitrogens is 2. The van der Waals surface area contributed by atoms with Crippen LogP contribution in [-0.2, 0) is 10.0 Å². The van der Waals surface area contributed by atoms with Crippen molar-refractivity contribution in [2.75, 3.05) is 11.8 Å². The number of hydrogen-bond donors (Lipinski definition) is 1. The number of anilines is 1. The van der Waals surface area contributed by atoms with Crippen LogP contribution in [-0.4, -0.2) is 25.7 Å². The number of para-hydroxylation sites is 2. The summed E-state index contributed by atoms with van der Waals surface area (Å²) in [6, 6.07) is 17.8. The number of ether oxygens (including phenoxy) is 1. The van der Waals surface area contributed by atoms with Gasteiger partial charge in [0.25, 0.3) is 15.9 Å². The average molecular weight is 428 g/mol. The van der Waals surface area contributed by atoms with Gasteiger partial charge in [0.1, 0.15) is 10.6 Å². The van der Waals surface area contributed by atoms with E-state index >= 15 is 0 Å². The molecule has 0 aliphatic rings. The molecule has 0 fully saturated rings. The summed E-state index contributed by atoms with van der Waals surface area (Å²) in [6.07, 6.45) is 0. The molecule has 29 heavy (non-hydrogen) atoms. The molecule has 0 saturated carbocycles. The van der Waals surface area contributed by atoms with Crippen LogP contribution in [0.5, 0.6) is 5.75 Å². The predicted octanol–water partition coefficient (Wildman–Crippen LogP) is 4.58. The second kappa shape index (κ2) is 7.69. The van der Waals surface area contributed by atoms with Gasteiger partial charge in [-0.25, -0.2) is 8.42 Å². The van der Waals surface area contributed by atoms with Gasteiger partial charge in [-0.3, -0.25) is 4.72 Å². The monoisotopic (exact) mass is 427 g/mol. The van der Waals surface area contributed by atoms with E-state index in [0.29, 0.717) is 27.0 Å². The molecule has 0 unspecified atom stereocenters. The van der Waals surface area contributed by atoms with Gasteiger partial charge in [-0.1, -0.05) is 47.6 Å². The number of aryl methyl sites for hydroxylation is 1. The molecule has 2 aromatic heterocycles. The van der Waals surface area contributed by atoms with E-state index in [-0.39, 0.29) is 10.8 Å². The number of benzene rings is 2. The smallest absolute Gasteiger partial charge is 0.268 e. The standard InChI is InChI=1S/C20H17N3O4S2/c1-13-18(29(24,25)23-15-10-6-7-11-16(15)26-2)12-17(28-13)20-21-19(22-27-20)14-8-4-3-5-9-14/h3-12,23H,1-2H3. The van der Waals surface area contributed by atoms with Crippen LogP contribution in [0.25, 0.3) is 22.2 Å². The van der Waals surface area contributed by atoms with Crippen molar-refractivity contribution < 1.29 is 17.7 Å². The Balaban J connectivity index is 1.65. The molecule has 2 aromatic carbocycles. The highest BCUT2D eigenvalue weighted by atomic mass is 32.2. The maximum Gasteiger partial charge on any atom is 0.268 e. The van der Waals surface area contributed by atoms with Crippen LogP contribution in [0.15, 0.2) is 70.1 Å². The first-order valence-corrected chi connectivity index (χ1v) is 10.9. The van der Waals surface area contributed by atoms with Crippen LogP contribution in [0.3, 0.4) is 0 Å². The number of thiophene rings is 1. The minimum absolute atomic E-state index is 0.155. The molecule has 0 aliphatic carbocycles. The fraction of sp³-hybridized carbons (Fsp3) is 0.100. The van der Waals surface area contributed by atoms with Gasteiger partial charge in [0, 0.05) is 10.4 Å². The Morgan fingerprint density at radius 3 is 2.55 bits per heavy atom. The van der Waals surface area contributed by atoms with E-state index in [9.17, 15) is 8.42 Å². The van der Waals surface area contributed by atoms with Crippen molar-refractivity contribution in [3.63, 3.8) is 0 Å². The summed E-state index contributed by atoms with van der Waals surface area (Å²) in [5.74, 6) is 1.16. The third-order valence-corrected chi connectivity index (χ3v) is 6.84. The second-order valence-electron chi connectivity index (χ2n) is 6.13. The van der Waals surface area contributed by atoms with Gasteiger partial charge in [0.05, 0.1) is 17.7 Å². The average Bonchev–Trinajstić information content (AvgIpc) is 3.36.